The summed E-state index contributed by atoms with van der Waals surface area (Å²) in [6.45, 7) is 3.97. The Morgan fingerprint density at radius 1 is 1.24 bits per heavy atom. The van der Waals surface area contributed by atoms with Gasteiger partial charge in [0.15, 0.2) is 11.4 Å². The van der Waals surface area contributed by atoms with Gasteiger partial charge in [0.05, 0.1) is 11.9 Å². The van der Waals surface area contributed by atoms with E-state index in [1.165, 1.54) is 28.7 Å². The highest BCUT2D eigenvalue weighted by atomic mass is 32.2. The SMILES string of the molecule is CS/C=C/C(=O)N[C@@H]1CCC[C@@H]1NC(=O)c1nn(-c2cccc(C)c2C)cc1O. The van der Waals surface area contributed by atoms with E-state index in [4.69, 9.17) is 0 Å². The van der Waals surface area contributed by atoms with E-state index in [2.05, 4.69) is 15.7 Å². The summed E-state index contributed by atoms with van der Waals surface area (Å²) in [7, 11) is 0. The molecule has 8 heteroatoms. The van der Waals surface area contributed by atoms with Gasteiger partial charge < -0.3 is 15.7 Å². The van der Waals surface area contributed by atoms with Crippen LogP contribution in [0.5, 0.6) is 5.75 Å². The Kier molecular flexibility index (Phi) is 6.64. The average Bonchev–Trinajstić information content (AvgIpc) is 3.28. The molecule has 0 bridgehead atoms. The molecule has 1 aromatic carbocycles. The first kappa shape index (κ1) is 21.0. The second-order valence-corrected chi connectivity index (χ2v) is 7.93. The van der Waals surface area contributed by atoms with Crippen LogP contribution >= 0.6 is 11.8 Å². The first-order chi connectivity index (χ1) is 13.9. The maximum Gasteiger partial charge on any atom is 0.275 e. The van der Waals surface area contributed by atoms with Crippen LogP contribution in [0.25, 0.3) is 5.69 Å². The molecule has 7 nitrogen and oxygen atoms in total. The molecule has 29 heavy (non-hydrogen) atoms. The summed E-state index contributed by atoms with van der Waals surface area (Å²) in [5.74, 6) is -0.796. The van der Waals surface area contributed by atoms with Crippen LogP contribution in [0.2, 0.25) is 0 Å². The van der Waals surface area contributed by atoms with Crippen molar-refractivity contribution in [1.82, 2.24) is 20.4 Å². The third kappa shape index (κ3) is 4.82. The van der Waals surface area contributed by atoms with Gasteiger partial charge in [0.25, 0.3) is 5.91 Å². The minimum absolute atomic E-state index is 0.0230. The topological polar surface area (TPSA) is 96.3 Å². The predicted octanol–water partition coefficient (Wildman–Crippen LogP) is 2.84. The number of thioether (sulfide) groups is 1. The van der Waals surface area contributed by atoms with E-state index < -0.39 is 5.91 Å². The van der Waals surface area contributed by atoms with Crippen molar-refractivity contribution in [3.8, 4) is 11.4 Å². The van der Waals surface area contributed by atoms with Crippen LogP contribution in [-0.4, -0.2) is 45.0 Å². The number of nitrogens with one attached hydrogen (secondary N) is 2. The molecular formula is C21H26N4O3S. The molecule has 0 aliphatic heterocycles. The molecule has 1 heterocycles. The molecule has 1 aliphatic rings. The minimum atomic E-state index is -0.447. The standard InChI is InChI=1S/C21H26N4O3S/c1-13-6-4-9-17(14(13)2)25-12-18(26)20(24-25)21(28)23-16-8-5-7-15(16)22-19(27)10-11-29-3/h4,6,9-12,15-16,26H,5,7-8H2,1-3H3,(H,22,27)(H,23,28)/b11-10+/t15-,16+/m1/s1. The first-order valence-electron chi connectivity index (χ1n) is 9.56. The summed E-state index contributed by atoms with van der Waals surface area (Å²) in [6, 6.07) is 5.47. The zero-order chi connectivity index (χ0) is 21.0. The Hall–Kier alpha value is -2.74. The van der Waals surface area contributed by atoms with E-state index in [1.54, 1.807) is 5.41 Å². The van der Waals surface area contributed by atoms with Crippen molar-refractivity contribution in [3.63, 3.8) is 0 Å². The number of amides is 2. The zero-order valence-electron chi connectivity index (χ0n) is 16.8. The Balaban J connectivity index is 1.72. The lowest BCUT2D eigenvalue weighted by Gasteiger charge is -2.21. The summed E-state index contributed by atoms with van der Waals surface area (Å²) in [6.07, 6.45) is 7.28. The van der Waals surface area contributed by atoms with Gasteiger partial charge in [0, 0.05) is 18.2 Å². The number of hydrogen-bond donors (Lipinski definition) is 3. The molecule has 2 atom stereocenters. The van der Waals surface area contributed by atoms with Gasteiger partial charge in [-0.05, 0) is 62.0 Å². The van der Waals surface area contributed by atoms with Crippen LogP contribution < -0.4 is 10.6 Å². The number of carbonyl (C=O) groups is 2. The Morgan fingerprint density at radius 3 is 2.69 bits per heavy atom. The number of aromatic nitrogens is 2. The molecule has 0 spiro atoms. The average molecular weight is 415 g/mol. The highest BCUT2D eigenvalue weighted by Gasteiger charge is 2.31. The van der Waals surface area contributed by atoms with E-state index in [-0.39, 0.29) is 29.4 Å². The molecule has 3 rings (SSSR count). The Morgan fingerprint density at radius 2 is 1.97 bits per heavy atom. The molecule has 2 amide bonds. The highest BCUT2D eigenvalue weighted by molar-refractivity contribution is 8.01. The van der Waals surface area contributed by atoms with Crippen molar-refractivity contribution < 1.29 is 14.7 Å². The van der Waals surface area contributed by atoms with E-state index in [0.717, 1.165) is 36.1 Å². The van der Waals surface area contributed by atoms with Gasteiger partial charge in [-0.15, -0.1) is 11.8 Å². The van der Waals surface area contributed by atoms with E-state index in [9.17, 15) is 14.7 Å². The van der Waals surface area contributed by atoms with Crippen molar-refractivity contribution in [3.05, 3.63) is 52.7 Å². The van der Waals surface area contributed by atoms with E-state index in [0.29, 0.717) is 0 Å². The summed E-state index contributed by atoms with van der Waals surface area (Å²) in [5, 5.41) is 22.2. The third-order valence-corrected chi connectivity index (χ3v) is 5.66. The zero-order valence-corrected chi connectivity index (χ0v) is 17.6. The number of aryl methyl sites for hydroxylation is 1. The second kappa shape index (κ2) is 9.17. The summed E-state index contributed by atoms with van der Waals surface area (Å²) >= 11 is 1.45. The summed E-state index contributed by atoms with van der Waals surface area (Å²) < 4.78 is 1.52. The van der Waals surface area contributed by atoms with Crippen molar-refractivity contribution in [2.45, 2.75) is 45.2 Å². The fourth-order valence-electron chi connectivity index (χ4n) is 3.54. The summed E-state index contributed by atoms with van der Waals surface area (Å²) in [4.78, 5) is 24.7. The van der Waals surface area contributed by atoms with E-state index >= 15 is 0 Å². The monoisotopic (exact) mass is 414 g/mol. The number of benzene rings is 1. The van der Waals surface area contributed by atoms with Crippen molar-refractivity contribution in [2.24, 2.45) is 0 Å². The van der Waals surface area contributed by atoms with Crippen molar-refractivity contribution >= 4 is 23.6 Å². The smallest absolute Gasteiger partial charge is 0.275 e. The van der Waals surface area contributed by atoms with Gasteiger partial charge >= 0.3 is 0 Å². The third-order valence-electron chi connectivity index (χ3n) is 5.25. The van der Waals surface area contributed by atoms with Gasteiger partial charge in [-0.3, -0.25) is 9.59 Å². The van der Waals surface area contributed by atoms with Crippen molar-refractivity contribution in [1.29, 1.82) is 0 Å². The van der Waals surface area contributed by atoms with Gasteiger partial charge in [-0.1, -0.05) is 12.1 Å². The van der Waals surface area contributed by atoms with Gasteiger partial charge in [0.2, 0.25) is 5.91 Å². The molecule has 154 valence electrons. The van der Waals surface area contributed by atoms with Crippen LogP contribution in [0.4, 0.5) is 0 Å². The maximum atomic E-state index is 12.7. The quantitative estimate of drug-likeness (QED) is 0.632. The molecule has 0 radical (unpaired) electrons. The predicted molar refractivity (Wildman–Crippen MR) is 114 cm³/mol. The molecule has 3 N–H and O–H groups in total. The van der Waals surface area contributed by atoms with Gasteiger partial charge in [-0.25, -0.2) is 4.68 Å². The summed E-state index contributed by atoms with van der Waals surface area (Å²) in [5.41, 5.74) is 2.92. The number of hydrogen-bond acceptors (Lipinski definition) is 5. The number of aromatic hydroxyl groups is 1. The Bertz CT molecular complexity index is 938. The molecule has 1 fully saturated rings. The lowest BCUT2D eigenvalue weighted by Crippen LogP contribution is -2.48. The minimum Gasteiger partial charge on any atom is -0.504 e. The molecule has 1 aromatic heterocycles. The largest absolute Gasteiger partial charge is 0.504 e. The molecule has 1 saturated carbocycles. The van der Waals surface area contributed by atoms with Crippen LogP contribution in [0.15, 0.2) is 35.9 Å². The fraction of sp³-hybridized carbons (Fsp3) is 0.381. The van der Waals surface area contributed by atoms with Crippen LogP contribution in [0.1, 0.15) is 40.9 Å². The first-order valence-corrected chi connectivity index (χ1v) is 10.9. The Labute approximate surface area is 174 Å². The lowest BCUT2D eigenvalue weighted by molar-refractivity contribution is -0.117. The normalized spacial score (nSPS) is 18.9. The molecule has 0 unspecified atom stereocenters. The van der Waals surface area contributed by atoms with Crippen LogP contribution in [0, 0.1) is 13.8 Å². The van der Waals surface area contributed by atoms with Crippen LogP contribution in [-0.2, 0) is 4.79 Å². The lowest BCUT2D eigenvalue weighted by atomic mass is 10.1. The van der Waals surface area contributed by atoms with Crippen LogP contribution in [0.3, 0.4) is 0 Å². The molecular weight excluding hydrogens is 388 g/mol. The van der Waals surface area contributed by atoms with Gasteiger partial charge in [-0.2, -0.15) is 5.10 Å². The second-order valence-electron chi connectivity index (χ2n) is 7.19. The number of carbonyl (C=O) groups excluding carboxylic acids is 2. The fourth-order valence-corrected chi connectivity index (χ4v) is 3.80. The number of nitrogens with zero attached hydrogens (tertiary/aromatic N) is 2. The van der Waals surface area contributed by atoms with E-state index in [1.807, 2.05) is 38.3 Å². The molecule has 1 aliphatic carbocycles. The highest BCUT2D eigenvalue weighted by Crippen LogP contribution is 2.24. The number of rotatable bonds is 6. The molecule has 0 saturated heterocycles. The van der Waals surface area contributed by atoms with Gasteiger partial charge in [0.1, 0.15) is 0 Å². The maximum absolute atomic E-state index is 12.7. The van der Waals surface area contributed by atoms with Crippen molar-refractivity contribution in [2.75, 3.05) is 6.26 Å². The molecule has 2 aromatic rings.